The lowest BCUT2D eigenvalue weighted by molar-refractivity contribution is 0.586. The largest absolute Gasteiger partial charge is 0.249 e. The van der Waals surface area contributed by atoms with Crippen LogP contribution in [-0.2, 0) is 5.41 Å². The van der Waals surface area contributed by atoms with Crippen LogP contribution in [0.4, 0.5) is 0 Å². The van der Waals surface area contributed by atoms with Gasteiger partial charge in [-0.2, -0.15) is 0 Å². The Morgan fingerprint density at radius 3 is 2.50 bits per heavy atom. The second-order valence-corrected chi connectivity index (χ2v) is 5.88. The zero-order chi connectivity index (χ0) is 10.3. The quantitative estimate of drug-likeness (QED) is 0.690. The van der Waals surface area contributed by atoms with Gasteiger partial charge in [0.1, 0.15) is 4.60 Å². The molecule has 0 saturated heterocycles. The lowest BCUT2D eigenvalue weighted by Crippen LogP contribution is -2.12. The molecule has 0 atom stereocenters. The highest BCUT2D eigenvalue weighted by Crippen LogP contribution is 2.43. The summed E-state index contributed by atoms with van der Waals surface area (Å²) in [5.74, 6) is 0.763. The van der Waals surface area contributed by atoms with Crippen LogP contribution in [0.3, 0.4) is 0 Å². The monoisotopic (exact) mass is 253 g/mol. The maximum Gasteiger partial charge on any atom is 0.109 e. The predicted octanol–water partition coefficient (Wildman–Crippen LogP) is 4.02. The van der Waals surface area contributed by atoms with Gasteiger partial charge in [0.25, 0.3) is 0 Å². The third-order valence-electron chi connectivity index (χ3n) is 2.75. The molecule has 0 aliphatic heterocycles. The van der Waals surface area contributed by atoms with E-state index in [1.165, 1.54) is 24.0 Å². The maximum absolute atomic E-state index is 4.42. The molecule has 76 valence electrons. The summed E-state index contributed by atoms with van der Waals surface area (Å²) in [5, 5.41) is 0. The molecule has 0 radical (unpaired) electrons. The minimum Gasteiger partial charge on any atom is -0.249 e. The van der Waals surface area contributed by atoms with Crippen LogP contribution in [0.1, 0.15) is 50.7 Å². The van der Waals surface area contributed by atoms with Crippen LogP contribution in [0, 0.1) is 0 Å². The van der Waals surface area contributed by atoms with Crippen molar-refractivity contribution in [2.75, 3.05) is 0 Å². The van der Waals surface area contributed by atoms with E-state index in [0.29, 0.717) is 0 Å². The molecule has 1 aromatic heterocycles. The Balaban J connectivity index is 2.40. The molecule has 1 heterocycles. The number of hydrogen-bond acceptors (Lipinski definition) is 1. The van der Waals surface area contributed by atoms with Crippen LogP contribution in [0.25, 0.3) is 0 Å². The molecule has 0 spiro atoms. The fourth-order valence-electron chi connectivity index (χ4n) is 1.56. The summed E-state index contributed by atoms with van der Waals surface area (Å²) in [6.45, 7) is 6.69. The highest BCUT2D eigenvalue weighted by atomic mass is 79.9. The van der Waals surface area contributed by atoms with Crippen molar-refractivity contribution < 1.29 is 0 Å². The third kappa shape index (κ3) is 2.00. The van der Waals surface area contributed by atoms with E-state index in [0.717, 1.165) is 10.5 Å². The van der Waals surface area contributed by atoms with Gasteiger partial charge in [-0.25, -0.2) is 4.98 Å². The zero-order valence-corrected chi connectivity index (χ0v) is 10.6. The Morgan fingerprint density at radius 1 is 1.36 bits per heavy atom. The van der Waals surface area contributed by atoms with Gasteiger partial charge in [-0.1, -0.05) is 26.8 Å². The molecule has 0 N–H and O–H groups in total. The predicted molar refractivity (Wildman–Crippen MR) is 62.6 cm³/mol. The molecule has 0 unspecified atom stereocenters. The van der Waals surface area contributed by atoms with E-state index in [4.69, 9.17) is 0 Å². The van der Waals surface area contributed by atoms with Gasteiger partial charge in [0.05, 0.1) is 0 Å². The van der Waals surface area contributed by atoms with E-state index in [2.05, 4.69) is 47.8 Å². The van der Waals surface area contributed by atoms with Gasteiger partial charge < -0.3 is 0 Å². The van der Waals surface area contributed by atoms with Crippen LogP contribution < -0.4 is 0 Å². The molecule has 1 aromatic rings. The van der Waals surface area contributed by atoms with E-state index in [9.17, 15) is 0 Å². The van der Waals surface area contributed by atoms with Crippen molar-refractivity contribution in [3.63, 3.8) is 0 Å². The van der Waals surface area contributed by atoms with Gasteiger partial charge in [0.2, 0.25) is 0 Å². The van der Waals surface area contributed by atoms with E-state index in [-0.39, 0.29) is 5.41 Å². The minimum absolute atomic E-state index is 0.206. The molecule has 1 aliphatic carbocycles. The van der Waals surface area contributed by atoms with Crippen LogP contribution in [0.2, 0.25) is 0 Å². The maximum atomic E-state index is 4.42. The third-order valence-corrected chi connectivity index (χ3v) is 3.41. The van der Waals surface area contributed by atoms with Crippen molar-refractivity contribution in [3.05, 3.63) is 28.0 Å². The summed E-state index contributed by atoms with van der Waals surface area (Å²) in [4.78, 5) is 4.42. The molecule has 1 nitrogen and oxygen atoms in total. The summed E-state index contributed by atoms with van der Waals surface area (Å²) in [5.41, 5.74) is 2.94. The van der Waals surface area contributed by atoms with E-state index < -0.39 is 0 Å². The van der Waals surface area contributed by atoms with Crippen molar-refractivity contribution in [3.8, 4) is 0 Å². The summed E-state index contributed by atoms with van der Waals surface area (Å²) < 4.78 is 1.04. The van der Waals surface area contributed by atoms with Gasteiger partial charge in [-0.05, 0) is 51.2 Å². The number of halogens is 1. The van der Waals surface area contributed by atoms with Crippen molar-refractivity contribution in [1.29, 1.82) is 0 Å². The zero-order valence-electron chi connectivity index (χ0n) is 8.97. The Hall–Kier alpha value is -0.370. The first kappa shape index (κ1) is 10.2. The lowest BCUT2D eigenvalue weighted by Gasteiger charge is -2.19. The molecule has 1 fully saturated rings. The topological polar surface area (TPSA) is 12.9 Å². The van der Waals surface area contributed by atoms with Gasteiger partial charge >= 0.3 is 0 Å². The highest BCUT2D eigenvalue weighted by Gasteiger charge is 2.27. The lowest BCUT2D eigenvalue weighted by atomic mass is 9.87. The molecule has 0 aromatic carbocycles. The molecule has 1 saturated carbocycles. The molecule has 1 aliphatic rings. The molecule has 2 rings (SSSR count). The molecular weight excluding hydrogens is 238 g/mol. The van der Waals surface area contributed by atoms with Crippen molar-refractivity contribution in [1.82, 2.24) is 4.98 Å². The Bertz CT molecular complexity index is 348. The second-order valence-electron chi connectivity index (χ2n) is 5.13. The summed E-state index contributed by atoms with van der Waals surface area (Å²) in [6, 6.07) is 2.31. The SMILES string of the molecule is CC(C)(C)c1cnc(Br)c(C2CC2)c1. The summed E-state index contributed by atoms with van der Waals surface area (Å²) >= 11 is 3.53. The van der Waals surface area contributed by atoms with Gasteiger partial charge in [-0.3, -0.25) is 0 Å². The van der Waals surface area contributed by atoms with Gasteiger partial charge in [0.15, 0.2) is 0 Å². The highest BCUT2D eigenvalue weighted by molar-refractivity contribution is 9.10. The number of aromatic nitrogens is 1. The number of hydrogen-bond donors (Lipinski definition) is 0. The molecule has 0 bridgehead atoms. The first-order chi connectivity index (χ1) is 6.48. The van der Waals surface area contributed by atoms with Crippen molar-refractivity contribution >= 4 is 15.9 Å². The molecular formula is C12H16BrN. The minimum atomic E-state index is 0.206. The van der Waals surface area contributed by atoms with Crippen LogP contribution in [0.15, 0.2) is 16.9 Å². The van der Waals surface area contributed by atoms with Gasteiger partial charge in [0, 0.05) is 6.20 Å². The molecule has 14 heavy (non-hydrogen) atoms. The number of nitrogens with zero attached hydrogens (tertiary/aromatic N) is 1. The first-order valence-corrected chi connectivity index (χ1v) is 5.93. The molecule has 0 amide bonds. The standard InChI is InChI=1S/C12H16BrN/c1-12(2,3)9-6-10(8-4-5-8)11(13)14-7-9/h6-8H,4-5H2,1-3H3. The van der Waals surface area contributed by atoms with Gasteiger partial charge in [-0.15, -0.1) is 0 Å². The number of rotatable bonds is 1. The molecule has 2 heteroatoms. The van der Waals surface area contributed by atoms with Crippen LogP contribution in [-0.4, -0.2) is 4.98 Å². The Morgan fingerprint density at radius 2 is 2.00 bits per heavy atom. The van der Waals surface area contributed by atoms with E-state index in [1.54, 1.807) is 0 Å². The normalized spacial score (nSPS) is 17.1. The van der Waals surface area contributed by atoms with E-state index in [1.807, 2.05) is 6.20 Å². The fraction of sp³-hybridized carbons (Fsp3) is 0.583. The van der Waals surface area contributed by atoms with Crippen molar-refractivity contribution in [2.24, 2.45) is 0 Å². The van der Waals surface area contributed by atoms with E-state index >= 15 is 0 Å². The first-order valence-electron chi connectivity index (χ1n) is 5.14. The fourth-order valence-corrected chi connectivity index (χ4v) is 2.10. The van der Waals surface area contributed by atoms with Crippen LogP contribution >= 0.6 is 15.9 Å². The average molecular weight is 254 g/mol. The average Bonchev–Trinajstić information content (AvgIpc) is 2.85. The smallest absolute Gasteiger partial charge is 0.109 e. The second kappa shape index (κ2) is 3.34. The number of pyridine rings is 1. The van der Waals surface area contributed by atoms with Crippen molar-refractivity contribution in [2.45, 2.75) is 44.9 Å². The summed E-state index contributed by atoms with van der Waals surface area (Å²) in [7, 11) is 0. The summed E-state index contributed by atoms with van der Waals surface area (Å²) in [6.07, 6.45) is 4.64. The van der Waals surface area contributed by atoms with Crippen LogP contribution in [0.5, 0.6) is 0 Å². The Kier molecular flexibility index (Phi) is 2.42. The Labute approximate surface area is 94.1 Å².